The van der Waals surface area contributed by atoms with E-state index in [4.69, 9.17) is 21.1 Å². The maximum Gasteiger partial charge on any atom is 0.167 e. The number of hydrogen-bond acceptors (Lipinski definition) is 5. The normalized spacial score (nSPS) is 16.6. The van der Waals surface area contributed by atoms with Crippen molar-refractivity contribution < 1.29 is 9.47 Å². The van der Waals surface area contributed by atoms with Gasteiger partial charge in [0.15, 0.2) is 5.79 Å². The van der Waals surface area contributed by atoms with Crippen LogP contribution in [0.3, 0.4) is 0 Å². The number of ether oxygens (including phenoxy) is 2. The van der Waals surface area contributed by atoms with Crippen molar-refractivity contribution in [2.45, 2.75) is 19.1 Å². The van der Waals surface area contributed by atoms with Gasteiger partial charge in [-0.2, -0.15) is 5.26 Å². The van der Waals surface area contributed by atoms with Gasteiger partial charge in [0.2, 0.25) is 0 Å². The van der Waals surface area contributed by atoms with Gasteiger partial charge >= 0.3 is 0 Å². The van der Waals surface area contributed by atoms with Gasteiger partial charge in [0.1, 0.15) is 6.07 Å². The summed E-state index contributed by atoms with van der Waals surface area (Å²) in [6.07, 6.45) is 2.26. The first-order chi connectivity index (χ1) is 10.6. The van der Waals surface area contributed by atoms with Gasteiger partial charge in [-0.05, 0) is 25.1 Å². The van der Waals surface area contributed by atoms with Crippen LogP contribution in [0.5, 0.6) is 0 Å². The standard InChI is InChI=1S/C16H16ClN3O2/c1-16(21-6-7-22-16)4-5-19-15-11(9-18)10-20-14-3-2-12(17)8-13(14)15/h2-3,8,10H,4-7H2,1H3,(H,19,20). The van der Waals surface area contributed by atoms with Crippen LogP contribution in [0.4, 0.5) is 5.69 Å². The van der Waals surface area contributed by atoms with Crippen LogP contribution < -0.4 is 5.32 Å². The fourth-order valence-electron chi connectivity index (χ4n) is 2.56. The Morgan fingerprint density at radius 2 is 2.18 bits per heavy atom. The van der Waals surface area contributed by atoms with Crippen LogP contribution in [-0.4, -0.2) is 30.5 Å². The van der Waals surface area contributed by atoms with Crippen molar-refractivity contribution in [2.75, 3.05) is 25.1 Å². The van der Waals surface area contributed by atoms with E-state index in [1.807, 2.05) is 19.1 Å². The zero-order chi connectivity index (χ0) is 15.6. The SMILES string of the molecule is CC1(CCNc2c(C#N)cnc3ccc(Cl)cc23)OCCO1. The third kappa shape index (κ3) is 3.00. The highest BCUT2D eigenvalue weighted by Crippen LogP contribution is 2.29. The van der Waals surface area contributed by atoms with Crippen LogP contribution >= 0.6 is 11.6 Å². The molecule has 0 bridgehead atoms. The van der Waals surface area contributed by atoms with E-state index in [0.29, 0.717) is 36.8 Å². The Balaban J connectivity index is 1.85. The first-order valence-corrected chi connectivity index (χ1v) is 7.49. The summed E-state index contributed by atoms with van der Waals surface area (Å²) in [6, 6.07) is 7.61. The second-order valence-corrected chi connectivity index (χ2v) is 5.76. The molecule has 0 amide bonds. The summed E-state index contributed by atoms with van der Waals surface area (Å²) in [5.74, 6) is -0.555. The van der Waals surface area contributed by atoms with E-state index in [1.165, 1.54) is 0 Å². The summed E-state index contributed by atoms with van der Waals surface area (Å²) in [5, 5.41) is 14.1. The van der Waals surface area contributed by atoms with Gasteiger partial charge in [-0.1, -0.05) is 11.6 Å². The van der Waals surface area contributed by atoms with Crippen LogP contribution in [0.15, 0.2) is 24.4 Å². The zero-order valence-corrected chi connectivity index (χ0v) is 13.0. The predicted octanol–water partition coefficient (Wildman–Crippen LogP) is 3.32. The van der Waals surface area contributed by atoms with Gasteiger partial charge in [-0.25, -0.2) is 0 Å². The van der Waals surface area contributed by atoms with Crippen molar-refractivity contribution in [3.8, 4) is 6.07 Å². The van der Waals surface area contributed by atoms with E-state index in [0.717, 1.165) is 16.6 Å². The highest BCUT2D eigenvalue weighted by atomic mass is 35.5. The van der Waals surface area contributed by atoms with E-state index >= 15 is 0 Å². The molecule has 114 valence electrons. The summed E-state index contributed by atoms with van der Waals surface area (Å²) in [7, 11) is 0. The molecule has 2 heterocycles. The number of halogens is 1. The summed E-state index contributed by atoms with van der Waals surface area (Å²) in [5.41, 5.74) is 2.04. The van der Waals surface area contributed by atoms with Crippen molar-refractivity contribution in [3.05, 3.63) is 35.0 Å². The second kappa shape index (κ2) is 6.09. The number of rotatable bonds is 4. The molecule has 0 spiro atoms. The minimum absolute atomic E-state index is 0.494. The molecule has 22 heavy (non-hydrogen) atoms. The van der Waals surface area contributed by atoms with Crippen molar-refractivity contribution in [3.63, 3.8) is 0 Å². The van der Waals surface area contributed by atoms with Gasteiger partial charge in [0.25, 0.3) is 0 Å². The number of benzene rings is 1. The molecule has 1 aromatic heterocycles. The largest absolute Gasteiger partial charge is 0.383 e. The number of nitriles is 1. The summed E-state index contributed by atoms with van der Waals surface area (Å²) >= 11 is 6.07. The monoisotopic (exact) mass is 317 g/mol. The molecule has 0 aliphatic carbocycles. The summed E-state index contributed by atoms with van der Waals surface area (Å²) in [6.45, 7) is 3.78. The fourth-order valence-corrected chi connectivity index (χ4v) is 2.73. The highest BCUT2D eigenvalue weighted by Gasteiger charge is 2.30. The van der Waals surface area contributed by atoms with Crippen molar-refractivity contribution in [1.82, 2.24) is 4.98 Å². The molecular formula is C16H16ClN3O2. The first-order valence-electron chi connectivity index (χ1n) is 7.11. The maximum absolute atomic E-state index is 9.30. The lowest BCUT2D eigenvalue weighted by molar-refractivity contribution is -0.144. The summed E-state index contributed by atoms with van der Waals surface area (Å²) < 4.78 is 11.2. The summed E-state index contributed by atoms with van der Waals surface area (Å²) in [4.78, 5) is 4.28. The molecule has 5 nitrogen and oxygen atoms in total. The Morgan fingerprint density at radius 1 is 1.41 bits per heavy atom. The molecule has 0 unspecified atom stereocenters. The molecule has 0 atom stereocenters. The number of nitrogens with zero attached hydrogens (tertiary/aromatic N) is 2. The minimum atomic E-state index is -0.555. The van der Waals surface area contributed by atoms with E-state index in [2.05, 4.69) is 16.4 Å². The van der Waals surface area contributed by atoms with Crippen LogP contribution in [0.2, 0.25) is 5.02 Å². The second-order valence-electron chi connectivity index (χ2n) is 5.33. The smallest absolute Gasteiger partial charge is 0.167 e. The number of anilines is 1. The van der Waals surface area contributed by atoms with Crippen LogP contribution in [0, 0.1) is 11.3 Å². The van der Waals surface area contributed by atoms with Crippen LogP contribution in [0.1, 0.15) is 18.9 Å². The Kier molecular flexibility index (Phi) is 4.16. The van der Waals surface area contributed by atoms with Crippen molar-refractivity contribution in [1.29, 1.82) is 5.26 Å². The Morgan fingerprint density at radius 3 is 2.91 bits per heavy atom. The topological polar surface area (TPSA) is 67.2 Å². The Labute approximate surface area is 133 Å². The van der Waals surface area contributed by atoms with Gasteiger partial charge in [0, 0.05) is 29.6 Å². The lowest BCUT2D eigenvalue weighted by Gasteiger charge is -2.22. The molecule has 0 saturated carbocycles. The van der Waals surface area contributed by atoms with Gasteiger partial charge in [-0.3, -0.25) is 4.98 Å². The van der Waals surface area contributed by atoms with E-state index in [-0.39, 0.29) is 0 Å². The molecule has 1 N–H and O–H groups in total. The number of nitrogens with one attached hydrogen (secondary N) is 1. The Bertz CT molecular complexity index is 736. The lowest BCUT2D eigenvalue weighted by Crippen LogP contribution is -2.28. The molecule has 0 radical (unpaired) electrons. The molecule has 1 fully saturated rings. The predicted molar refractivity (Wildman–Crippen MR) is 84.9 cm³/mol. The minimum Gasteiger partial charge on any atom is -0.383 e. The van der Waals surface area contributed by atoms with Crippen LogP contribution in [0.25, 0.3) is 10.9 Å². The van der Waals surface area contributed by atoms with Gasteiger partial charge < -0.3 is 14.8 Å². The van der Waals surface area contributed by atoms with Crippen LogP contribution in [-0.2, 0) is 9.47 Å². The number of hydrogen-bond donors (Lipinski definition) is 1. The van der Waals surface area contributed by atoms with E-state index in [9.17, 15) is 5.26 Å². The van der Waals surface area contributed by atoms with Gasteiger partial charge in [0.05, 0.1) is 30.0 Å². The lowest BCUT2D eigenvalue weighted by atomic mass is 10.1. The van der Waals surface area contributed by atoms with Gasteiger partial charge in [-0.15, -0.1) is 0 Å². The first kappa shape index (κ1) is 15.0. The molecule has 3 rings (SSSR count). The maximum atomic E-state index is 9.30. The molecule has 1 aliphatic rings. The molecule has 1 aromatic carbocycles. The third-order valence-electron chi connectivity index (χ3n) is 3.73. The molecule has 2 aromatic rings. The van der Waals surface area contributed by atoms with E-state index in [1.54, 1.807) is 12.3 Å². The highest BCUT2D eigenvalue weighted by molar-refractivity contribution is 6.31. The molecule has 1 saturated heterocycles. The number of aromatic nitrogens is 1. The Hall–Kier alpha value is -1.87. The number of fused-ring (bicyclic) bond motifs is 1. The molecular weight excluding hydrogens is 302 g/mol. The average molecular weight is 318 g/mol. The number of pyridine rings is 1. The molecule has 1 aliphatic heterocycles. The average Bonchev–Trinajstić information content (AvgIpc) is 2.94. The third-order valence-corrected chi connectivity index (χ3v) is 3.96. The van der Waals surface area contributed by atoms with Crippen molar-refractivity contribution in [2.24, 2.45) is 0 Å². The zero-order valence-electron chi connectivity index (χ0n) is 12.2. The molecule has 6 heteroatoms. The van der Waals surface area contributed by atoms with Crippen molar-refractivity contribution >= 4 is 28.2 Å². The fraction of sp³-hybridized carbons (Fsp3) is 0.375. The van der Waals surface area contributed by atoms with E-state index < -0.39 is 5.79 Å². The quantitative estimate of drug-likeness (QED) is 0.937.